The Bertz CT molecular complexity index is 763. The number of nitrogens with one attached hydrogen (secondary N) is 2. The number of guanidine groups is 1. The molecule has 0 aliphatic carbocycles. The first-order chi connectivity index (χ1) is 12.9. The first kappa shape index (κ1) is 20.5. The molecule has 0 aliphatic heterocycles. The SMILES string of the molecule is CN=C(NCc1ccc(OC)c(OC(F)F)c1)NCc1cc(C(C)C)no1. The third-order valence-electron chi connectivity index (χ3n) is 3.73. The Kier molecular flexibility index (Phi) is 7.39. The number of benzene rings is 1. The molecule has 2 rings (SSSR count). The standard InChI is InChI=1S/C18H24F2N4O3/c1-11(2)14-8-13(27-24-14)10-23-18(21-3)22-9-12-5-6-15(25-4)16(7-12)26-17(19)20/h5-8,11,17H,9-10H2,1-4H3,(H2,21,22,23). The number of halogens is 2. The van der Waals surface area contributed by atoms with Crippen LogP contribution in [-0.2, 0) is 13.1 Å². The van der Waals surface area contributed by atoms with E-state index in [1.54, 1.807) is 19.2 Å². The highest BCUT2D eigenvalue weighted by molar-refractivity contribution is 5.79. The molecule has 0 spiro atoms. The van der Waals surface area contributed by atoms with E-state index in [1.807, 2.05) is 19.9 Å². The molecular formula is C18H24F2N4O3. The quantitative estimate of drug-likeness (QED) is 0.539. The summed E-state index contributed by atoms with van der Waals surface area (Å²) in [7, 11) is 3.03. The predicted octanol–water partition coefficient (Wildman–Crippen LogP) is 3.27. The average Bonchev–Trinajstić information content (AvgIpc) is 3.11. The van der Waals surface area contributed by atoms with Crippen LogP contribution in [0.5, 0.6) is 11.5 Å². The number of aliphatic imine (C=N–C) groups is 1. The van der Waals surface area contributed by atoms with Gasteiger partial charge in [0.15, 0.2) is 23.2 Å². The van der Waals surface area contributed by atoms with Gasteiger partial charge in [-0.15, -0.1) is 0 Å². The van der Waals surface area contributed by atoms with Crippen molar-refractivity contribution in [3.05, 3.63) is 41.3 Å². The van der Waals surface area contributed by atoms with Crippen LogP contribution in [0.1, 0.15) is 36.8 Å². The molecule has 27 heavy (non-hydrogen) atoms. The molecule has 0 amide bonds. The molecule has 148 valence electrons. The summed E-state index contributed by atoms with van der Waals surface area (Å²) >= 11 is 0. The van der Waals surface area contributed by atoms with Crippen molar-refractivity contribution in [3.8, 4) is 11.5 Å². The lowest BCUT2D eigenvalue weighted by atomic mass is 10.1. The highest BCUT2D eigenvalue weighted by Gasteiger charge is 2.12. The van der Waals surface area contributed by atoms with Gasteiger partial charge in [0.25, 0.3) is 0 Å². The Hall–Kier alpha value is -2.84. The third kappa shape index (κ3) is 6.12. The molecule has 0 atom stereocenters. The fraction of sp³-hybridized carbons (Fsp3) is 0.444. The Morgan fingerprint density at radius 1 is 1.19 bits per heavy atom. The topological polar surface area (TPSA) is 80.9 Å². The Balaban J connectivity index is 1.93. The Morgan fingerprint density at radius 2 is 1.93 bits per heavy atom. The molecule has 0 saturated carbocycles. The molecule has 0 saturated heterocycles. The van der Waals surface area contributed by atoms with Crippen molar-refractivity contribution in [1.29, 1.82) is 0 Å². The van der Waals surface area contributed by atoms with Crippen molar-refractivity contribution in [1.82, 2.24) is 15.8 Å². The van der Waals surface area contributed by atoms with Crippen molar-refractivity contribution in [2.45, 2.75) is 39.5 Å². The van der Waals surface area contributed by atoms with Crippen LogP contribution in [0, 0.1) is 0 Å². The second-order valence-electron chi connectivity index (χ2n) is 6.02. The molecule has 1 aromatic heterocycles. The normalized spacial score (nSPS) is 11.8. The Labute approximate surface area is 156 Å². The lowest BCUT2D eigenvalue weighted by molar-refractivity contribution is -0.0512. The highest BCUT2D eigenvalue weighted by Crippen LogP contribution is 2.29. The fourth-order valence-electron chi connectivity index (χ4n) is 2.28. The maximum absolute atomic E-state index is 12.5. The summed E-state index contributed by atoms with van der Waals surface area (Å²) in [4.78, 5) is 4.12. The van der Waals surface area contributed by atoms with Crippen molar-refractivity contribution >= 4 is 5.96 Å². The summed E-state index contributed by atoms with van der Waals surface area (Å²) in [5, 5.41) is 10.2. The van der Waals surface area contributed by atoms with Crippen LogP contribution >= 0.6 is 0 Å². The van der Waals surface area contributed by atoms with Crippen LogP contribution in [0.15, 0.2) is 33.8 Å². The zero-order chi connectivity index (χ0) is 19.8. The molecule has 0 radical (unpaired) electrons. The molecule has 0 aliphatic rings. The number of nitrogens with zero attached hydrogens (tertiary/aromatic N) is 2. The maximum atomic E-state index is 12.5. The first-order valence-corrected chi connectivity index (χ1v) is 8.44. The van der Waals surface area contributed by atoms with E-state index < -0.39 is 6.61 Å². The summed E-state index contributed by atoms with van der Waals surface area (Å²) in [5.41, 5.74) is 1.62. The molecule has 0 bridgehead atoms. The van der Waals surface area contributed by atoms with Gasteiger partial charge in [0, 0.05) is 19.7 Å². The van der Waals surface area contributed by atoms with Crippen molar-refractivity contribution in [3.63, 3.8) is 0 Å². The van der Waals surface area contributed by atoms with E-state index in [-0.39, 0.29) is 11.5 Å². The molecular weight excluding hydrogens is 358 g/mol. The van der Waals surface area contributed by atoms with E-state index in [0.717, 1.165) is 11.3 Å². The van der Waals surface area contributed by atoms with Gasteiger partial charge >= 0.3 is 6.61 Å². The number of ether oxygens (including phenoxy) is 2. The zero-order valence-electron chi connectivity index (χ0n) is 15.8. The molecule has 2 N–H and O–H groups in total. The summed E-state index contributed by atoms with van der Waals surface area (Å²) < 4.78 is 39.8. The van der Waals surface area contributed by atoms with Crippen LogP contribution in [0.3, 0.4) is 0 Å². The molecule has 7 nitrogen and oxygen atoms in total. The summed E-state index contributed by atoms with van der Waals surface area (Å²) in [6, 6.07) is 6.72. The minimum atomic E-state index is -2.92. The summed E-state index contributed by atoms with van der Waals surface area (Å²) in [6.07, 6.45) is 0. The van der Waals surface area contributed by atoms with Gasteiger partial charge in [0.05, 0.1) is 19.3 Å². The van der Waals surface area contributed by atoms with E-state index in [0.29, 0.717) is 30.7 Å². The van der Waals surface area contributed by atoms with Gasteiger partial charge in [-0.05, 0) is 23.6 Å². The largest absolute Gasteiger partial charge is 0.493 e. The van der Waals surface area contributed by atoms with E-state index in [9.17, 15) is 8.78 Å². The van der Waals surface area contributed by atoms with Crippen LogP contribution < -0.4 is 20.1 Å². The van der Waals surface area contributed by atoms with E-state index >= 15 is 0 Å². The molecule has 1 heterocycles. The van der Waals surface area contributed by atoms with Crippen molar-refractivity contribution in [2.24, 2.45) is 4.99 Å². The van der Waals surface area contributed by atoms with Crippen LogP contribution in [0.4, 0.5) is 8.78 Å². The van der Waals surface area contributed by atoms with Crippen molar-refractivity contribution in [2.75, 3.05) is 14.2 Å². The van der Waals surface area contributed by atoms with Gasteiger partial charge in [0.2, 0.25) is 0 Å². The predicted molar refractivity (Wildman–Crippen MR) is 97.3 cm³/mol. The second kappa shape index (κ2) is 9.75. The van der Waals surface area contributed by atoms with Crippen LogP contribution in [-0.4, -0.2) is 31.9 Å². The minimum absolute atomic E-state index is 0.0161. The molecule has 1 aromatic carbocycles. The molecule has 0 fully saturated rings. The van der Waals surface area contributed by atoms with Gasteiger partial charge in [-0.2, -0.15) is 8.78 Å². The minimum Gasteiger partial charge on any atom is -0.493 e. The number of alkyl halides is 2. The summed E-state index contributed by atoms with van der Waals surface area (Å²) in [6.45, 7) is 1.93. The van der Waals surface area contributed by atoms with Gasteiger partial charge in [-0.3, -0.25) is 4.99 Å². The fourth-order valence-corrected chi connectivity index (χ4v) is 2.28. The van der Waals surface area contributed by atoms with Gasteiger partial charge < -0.3 is 24.6 Å². The smallest absolute Gasteiger partial charge is 0.387 e. The van der Waals surface area contributed by atoms with Gasteiger partial charge in [-0.1, -0.05) is 25.1 Å². The van der Waals surface area contributed by atoms with E-state index in [2.05, 4.69) is 25.5 Å². The van der Waals surface area contributed by atoms with Crippen LogP contribution in [0.2, 0.25) is 0 Å². The average molecular weight is 382 g/mol. The van der Waals surface area contributed by atoms with Crippen molar-refractivity contribution < 1.29 is 22.8 Å². The molecule has 0 unspecified atom stereocenters. The second-order valence-corrected chi connectivity index (χ2v) is 6.02. The number of rotatable bonds is 8. The molecule has 2 aromatic rings. The van der Waals surface area contributed by atoms with E-state index in [1.165, 1.54) is 13.2 Å². The van der Waals surface area contributed by atoms with Crippen LogP contribution in [0.25, 0.3) is 0 Å². The highest BCUT2D eigenvalue weighted by atomic mass is 19.3. The first-order valence-electron chi connectivity index (χ1n) is 8.44. The number of hydrogen-bond acceptors (Lipinski definition) is 5. The number of aromatic nitrogens is 1. The van der Waals surface area contributed by atoms with E-state index in [4.69, 9.17) is 9.26 Å². The van der Waals surface area contributed by atoms with Gasteiger partial charge in [-0.25, -0.2) is 0 Å². The third-order valence-corrected chi connectivity index (χ3v) is 3.73. The van der Waals surface area contributed by atoms with Gasteiger partial charge in [0.1, 0.15) is 0 Å². The monoisotopic (exact) mass is 382 g/mol. The number of methoxy groups -OCH3 is 1. The lowest BCUT2D eigenvalue weighted by Gasteiger charge is -2.13. The Morgan fingerprint density at radius 3 is 2.52 bits per heavy atom. The maximum Gasteiger partial charge on any atom is 0.387 e. The number of hydrogen-bond donors (Lipinski definition) is 2. The molecule has 9 heteroatoms. The lowest BCUT2D eigenvalue weighted by Crippen LogP contribution is -2.36. The zero-order valence-corrected chi connectivity index (χ0v) is 15.8. The summed E-state index contributed by atoms with van der Waals surface area (Å²) in [5.74, 6) is 1.74.